The van der Waals surface area contributed by atoms with Crippen LogP contribution in [0.5, 0.6) is 5.75 Å². The van der Waals surface area contributed by atoms with Crippen LogP contribution in [0, 0.1) is 6.92 Å². The summed E-state index contributed by atoms with van der Waals surface area (Å²) in [5, 5.41) is 18.9. The SMILES string of the molecule is COc1cccc2c(C)c(C(=O)O)n(CCC(=O)O)c12. The molecule has 0 saturated carbocycles. The van der Waals surface area contributed by atoms with Gasteiger partial charge >= 0.3 is 11.9 Å². The van der Waals surface area contributed by atoms with Gasteiger partial charge in [-0.1, -0.05) is 12.1 Å². The predicted octanol–water partition coefficient (Wildman–Crippen LogP) is 2.13. The van der Waals surface area contributed by atoms with Crippen molar-refractivity contribution < 1.29 is 24.5 Å². The van der Waals surface area contributed by atoms with E-state index in [2.05, 4.69) is 0 Å². The van der Waals surface area contributed by atoms with Crippen molar-refractivity contribution in [2.45, 2.75) is 19.9 Å². The quantitative estimate of drug-likeness (QED) is 0.874. The zero-order valence-electron chi connectivity index (χ0n) is 11.2. The Labute approximate surface area is 115 Å². The molecule has 1 aromatic carbocycles. The predicted molar refractivity (Wildman–Crippen MR) is 72.4 cm³/mol. The molecule has 2 aromatic rings. The summed E-state index contributed by atoms with van der Waals surface area (Å²) in [4.78, 5) is 22.2. The Kier molecular flexibility index (Phi) is 3.65. The molecule has 0 aliphatic carbocycles. The molecule has 0 amide bonds. The first kappa shape index (κ1) is 13.9. The van der Waals surface area contributed by atoms with Gasteiger partial charge in [0, 0.05) is 11.9 Å². The molecule has 0 unspecified atom stereocenters. The second-order valence-corrected chi connectivity index (χ2v) is 4.43. The van der Waals surface area contributed by atoms with Gasteiger partial charge in [-0.05, 0) is 18.6 Å². The number of methoxy groups -OCH3 is 1. The highest BCUT2D eigenvalue weighted by Gasteiger charge is 2.22. The first-order valence-corrected chi connectivity index (χ1v) is 6.08. The van der Waals surface area contributed by atoms with Crippen molar-refractivity contribution >= 4 is 22.8 Å². The topological polar surface area (TPSA) is 88.8 Å². The summed E-state index contributed by atoms with van der Waals surface area (Å²) in [6.07, 6.45) is -0.151. The average Bonchev–Trinajstić information content (AvgIpc) is 2.69. The summed E-state index contributed by atoms with van der Waals surface area (Å²) in [5.74, 6) is -1.52. The number of ether oxygens (including phenoxy) is 1. The number of hydrogen-bond donors (Lipinski definition) is 2. The molecular weight excluding hydrogens is 262 g/mol. The smallest absolute Gasteiger partial charge is 0.352 e. The number of nitrogens with zero attached hydrogens (tertiary/aromatic N) is 1. The number of carboxylic acid groups (broad SMARTS) is 2. The number of fused-ring (bicyclic) bond motifs is 1. The maximum atomic E-state index is 11.4. The number of rotatable bonds is 5. The Morgan fingerprint density at radius 3 is 2.55 bits per heavy atom. The van der Waals surface area contributed by atoms with Crippen molar-refractivity contribution in [2.75, 3.05) is 7.11 Å². The largest absolute Gasteiger partial charge is 0.495 e. The molecule has 6 nitrogen and oxygen atoms in total. The van der Waals surface area contributed by atoms with Gasteiger partial charge in [-0.25, -0.2) is 4.79 Å². The molecule has 20 heavy (non-hydrogen) atoms. The average molecular weight is 277 g/mol. The highest BCUT2D eigenvalue weighted by Crippen LogP contribution is 2.32. The van der Waals surface area contributed by atoms with E-state index < -0.39 is 11.9 Å². The highest BCUT2D eigenvalue weighted by atomic mass is 16.5. The summed E-state index contributed by atoms with van der Waals surface area (Å²) in [6, 6.07) is 5.31. The number of aryl methyl sites for hydroxylation is 2. The zero-order valence-corrected chi connectivity index (χ0v) is 11.2. The Morgan fingerprint density at radius 1 is 1.30 bits per heavy atom. The van der Waals surface area contributed by atoms with E-state index in [1.54, 1.807) is 25.1 Å². The van der Waals surface area contributed by atoms with Crippen molar-refractivity contribution in [3.8, 4) is 5.75 Å². The van der Waals surface area contributed by atoms with Gasteiger partial charge in [-0.2, -0.15) is 0 Å². The molecule has 0 saturated heterocycles. The molecule has 0 aliphatic rings. The third-order valence-corrected chi connectivity index (χ3v) is 3.27. The van der Waals surface area contributed by atoms with Crippen LogP contribution in [0.2, 0.25) is 0 Å². The first-order chi connectivity index (χ1) is 9.47. The number of carboxylic acids is 2. The number of para-hydroxylation sites is 1. The second kappa shape index (κ2) is 5.24. The minimum atomic E-state index is -1.08. The Balaban J connectivity index is 2.74. The van der Waals surface area contributed by atoms with Gasteiger partial charge in [0.1, 0.15) is 11.4 Å². The van der Waals surface area contributed by atoms with E-state index in [-0.39, 0.29) is 18.7 Å². The molecular formula is C14H15NO5. The molecule has 0 spiro atoms. The van der Waals surface area contributed by atoms with Crippen LogP contribution in [0.15, 0.2) is 18.2 Å². The Bertz CT molecular complexity index is 686. The molecule has 0 atom stereocenters. The van der Waals surface area contributed by atoms with E-state index in [4.69, 9.17) is 9.84 Å². The van der Waals surface area contributed by atoms with Crippen LogP contribution in [0.1, 0.15) is 22.5 Å². The first-order valence-electron chi connectivity index (χ1n) is 6.08. The standard InChI is InChI=1S/C14H15NO5/c1-8-9-4-3-5-10(20-2)13(9)15(7-6-11(16)17)12(8)14(18)19/h3-5H,6-7H2,1-2H3,(H,16,17)(H,18,19). The fraction of sp³-hybridized carbons (Fsp3) is 0.286. The lowest BCUT2D eigenvalue weighted by Crippen LogP contribution is -2.12. The molecule has 6 heteroatoms. The maximum Gasteiger partial charge on any atom is 0.352 e. The second-order valence-electron chi connectivity index (χ2n) is 4.43. The lowest BCUT2D eigenvalue weighted by molar-refractivity contribution is -0.137. The zero-order chi connectivity index (χ0) is 14.9. The number of benzene rings is 1. The van der Waals surface area contributed by atoms with E-state index in [0.29, 0.717) is 16.8 Å². The molecule has 0 fully saturated rings. The van der Waals surface area contributed by atoms with Crippen molar-refractivity contribution in [1.29, 1.82) is 0 Å². The molecule has 0 radical (unpaired) electrons. The molecule has 0 aliphatic heterocycles. The van der Waals surface area contributed by atoms with Gasteiger partial charge in [0.2, 0.25) is 0 Å². The van der Waals surface area contributed by atoms with Gasteiger partial charge < -0.3 is 19.5 Å². The summed E-state index contributed by atoms with van der Waals surface area (Å²) >= 11 is 0. The fourth-order valence-electron chi connectivity index (χ4n) is 2.42. The van der Waals surface area contributed by atoms with Crippen molar-refractivity contribution in [3.05, 3.63) is 29.5 Å². The van der Waals surface area contributed by atoms with Gasteiger partial charge in [0.25, 0.3) is 0 Å². The van der Waals surface area contributed by atoms with E-state index in [1.165, 1.54) is 11.7 Å². The van der Waals surface area contributed by atoms with Gasteiger partial charge in [-0.15, -0.1) is 0 Å². The van der Waals surface area contributed by atoms with Crippen LogP contribution < -0.4 is 4.74 Å². The minimum absolute atomic E-state index is 0.0850. The number of aromatic carboxylic acids is 1. The molecule has 106 valence electrons. The number of hydrogen-bond acceptors (Lipinski definition) is 3. The van der Waals surface area contributed by atoms with Crippen LogP contribution in [0.4, 0.5) is 0 Å². The Morgan fingerprint density at radius 2 is 2.00 bits per heavy atom. The van der Waals surface area contributed by atoms with Crippen molar-refractivity contribution in [2.24, 2.45) is 0 Å². The number of aliphatic carboxylic acids is 1. The van der Waals surface area contributed by atoms with Crippen LogP contribution >= 0.6 is 0 Å². The van der Waals surface area contributed by atoms with E-state index in [0.717, 1.165) is 5.39 Å². The van der Waals surface area contributed by atoms with E-state index >= 15 is 0 Å². The Hall–Kier alpha value is -2.50. The summed E-state index contributed by atoms with van der Waals surface area (Å²) < 4.78 is 6.76. The summed E-state index contributed by atoms with van der Waals surface area (Å²) in [6.45, 7) is 1.80. The molecule has 1 aromatic heterocycles. The van der Waals surface area contributed by atoms with E-state index in [1.807, 2.05) is 0 Å². The third-order valence-electron chi connectivity index (χ3n) is 3.27. The van der Waals surface area contributed by atoms with Crippen LogP contribution in [0.25, 0.3) is 10.9 Å². The normalized spacial score (nSPS) is 10.7. The summed E-state index contributed by atoms with van der Waals surface area (Å²) in [5.41, 5.74) is 1.33. The van der Waals surface area contributed by atoms with Crippen molar-refractivity contribution in [3.63, 3.8) is 0 Å². The maximum absolute atomic E-state index is 11.4. The van der Waals surface area contributed by atoms with Crippen LogP contribution in [0.3, 0.4) is 0 Å². The van der Waals surface area contributed by atoms with E-state index in [9.17, 15) is 14.7 Å². The molecule has 2 rings (SSSR count). The van der Waals surface area contributed by atoms with Gasteiger partial charge in [-0.3, -0.25) is 4.79 Å². The third kappa shape index (κ3) is 2.20. The number of carbonyl (C=O) groups is 2. The minimum Gasteiger partial charge on any atom is -0.495 e. The van der Waals surface area contributed by atoms with Crippen LogP contribution in [-0.4, -0.2) is 33.8 Å². The molecule has 2 N–H and O–H groups in total. The van der Waals surface area contributed by atoms with Gasteiger partial charge in [0.15, 0.2) is 0 Å². The summed E-state index contributed by atoms with van der Waals surface area (Å²) in [7, 11) is 1.50. The molecule has 1 heterocycles. The van der Waals surface area contributed by atoms with Crippen LogP contribution in [-0.2, 0) is 11.3 Å². The molecule has 0 bridgehead atoms. The van der Waals surface area contributed by atoms with Gasteiger partial charge in [0.05, 0.1) is 19.0 Å². The highest BCUT2D eigenvalue weighted by molar-refractivity contribution is 6.00. The number of aromatic nitrogens is 1. The van der Waals surface area contributed by atoms with Crippen molar-refractivity contribution in [1.82, 2.24) is 4.57 Å². The lowest BCUT2D eigenvalue weighted by Gasteiger charge is -2.09. The monoisotopic (exact) mass is 277 g/mol. The fourth-order valence-corrected chi connectivity index (χ4v) is 2.42. The lowest BCUT2D eigenvalue weighted by atomic mass is 10.1.